The van der Waals surface area contributed by atoms with Crippen LogP contribution in [-0.4, -0.2) is 28.1 Å². The third kappa shape index (κ3) is 4.49. The molecule has 0 saturated heterocycles. The highest BCUT2D eigenvalue weighted by Crippen LogP contribution is 2.16. The van der Waals surface area contributed by atoms with E-state index in [0.29, 0.717) is 11.6 Å². The van der Waals surface area contributed by atoms with E-state index >= 15 is 0 Å². The minimum absolute atomic E-state index is 0.122. The molecule has 1 heterocycles. The van der Waals surface area contributed by atoms with Crippen molar-refractivity contribution in [3.05, 3.63) is 64.8 Å². The van der Waals surface area contributed by atoms with Gasteiger partial charge in [-0.3, -0.25) is 9.59 Å². The Hall–Kier alpha value is -2.66. The molecule has 1 aromatic heterocycles. The molecule has 0 atom stereocenters. The highest BCUT2D eigenvalue weighted by Gasteiger charge is 2.12. The molecule has 134 valence electrons. The van der Waals surface area contributed by atoms with Crippen molar-refractivity contribution >= 4 is 34.3 Å². The average Bonchev–Trinajstić information content (AvgIpc) is 3.04. The summed E-state index contributed by atoms with van der Waals surface area (Å²) in [7, 11) is 0. The summed E-state index contributed by atoms with van der Waals surface area (Å²) >= 11 is 5.84. The maximum atomic E-state index is 12.3. The van der Waals surface area contributed by atoms with E-state index in [9.17, 15) is 9.59 Å². The first-order chi connectivity index (χ1) is 12.5. The minimum Gasteiger partial charge on any atom is -0.356 e. The van der Waals surface area contributed by atoms with Gasteiger partial charge in [0.15, 0.2) is 0 Å². The molecule has 1 N–H and O–H groups in total. The van der Waals surface area contributed by atoms with Gasteiger partial charge in [0.05, 0.1) is 11.7 Å². The van der Waals surface area contributed by atoms with Gasteiger partial charge in [-0.25, -0.2) is 4.68 Å². The largest absolute Gasteiger partial charge is 0.356 e. The van der Waals surface area contributed by atoms with Gasteiger partial charge in [0.25, 0.3) is 0 Å². The number of rotatable bonds is 6. The lowest BCUT2D eigenvalue weighted by Gasteiger charge is -2.06. The van der Waals surface area contributed by atoms with E-state index in [1.54, 1.807) is 6.20 Å². The van der Waals surface area contributed by atoms with Crippen LogP contribution in [0.2, 0.25) is 5.02 Å². The fourth-order valence-electron chi connectivity index (χ4n) is 2.76. The molecule has 0 unspecified atom stereocenters. The fourth-order valence-corrected chi connectivity index (χ4v) is 2.89. The second kappa shape index (κ2) is 8.15. The van der Waals surface area contributed by atoms with E-state index in [1.807, 2.05) is 49.4 Å². The summed E-state index contributed by atoms with van der Waals surface area (Å²) in [6, 6.07) is 13.3. The summed E-state index contributed by atoms with van der Waals surface area (Å²) in [6.07, 6.45) is 2.66. The van der Waals surface area contributed by atoms with Crippen molar-refractivity contribution in [3.63, 3.8) is 0 Å². The monoisotopic (exact) mass is 369 g/mol. The molecule has 2 aromatic carbocycles. The first-order valence-electron chi connectivity index (χ1n) is 8.51. The quantitative estimate of drug-likeness (QED) is 0.719. The number of carbonyl (C=O) groups excluding carboxylic acids is 2. The lowest BCUT2D eigenvalue weighted by molar-refractivity contribution is -0.121. The normalized spacial score (nSPS) is 10.8. The average molecular weight is 370 g/mol. The maximum Gasteiger partial charge on any atom is 0.247 e. The molecule has 0 fully saturated rings. The molecule has 0 aliphatic rings. The van der Waals surface area contributed by atoms with Crippen molar-refractivity contribution < 1.29 is 9.59 Å². The SMILES string of the molecule is Cc1ccc2c(cnn2C(=O)CCC(=O)NCCc2ccc(Cl)cc2)c1. The van der Waals surface area contributed by atoms with Gasteiger partial charge in [-0.05, 0) is 43.2 Å². The number of aryl methyl sites for hydroxylation is 1. The number of benzene rings is 2. The summed E-state index contributed by atoms with van der Waals surface area (Å²) in [5.41, 5.74) is 2.98. The number of carbonyl (C=O) groups is 2. The Morgan fingerprint density at radius 1 is 1.12 bits per heavy atom. The Kier molecular flexibility index (Phi) is 5.68. The van der Waals surface area contributed by atoms with Gasteiger partial charge >= 0.3 is 0 Å². The zero-order valence-electron chi connectivity index (χ0n) is 14.5. The van der Waals surface area contributed by atoms with Crippen LogP contribution in [0.3, 0.4) is 0 Å². The highest BCUT2D eigenvalue weighted by atomic mass is 35.5. The van der Waals surface area contributed by atoms with Crippen LogP contribution in [0.1, 0.15) is 28.8 Å². The Morgan fingerprint density at radius 3 is 2.65 bits per heavy atom. The summed E-state index contributed by atoms with van der Waals surface area (Å²) in [6.45, 7) is 2.52. The van der Waals surface area contributed by atoms with E-state index in [2.05, 4.69) is 10.4 Å². The Bertz CT molecular complexity index is 932. The first kappa shape index (κ1) is 18.1. The number of nitrogens with one attached hydrogen (secondary N) is 1. The van der Waals surface area contributed by atoms with Crippen LogP contribution in [0, 0.1) is 6.92 Å². The molecular weight excluding hydrogens is 350 g/mol. The summed E-state index contributed by atoms with van der Waals surface area (Å²) in [5.74, 6) is -0.323. The van der Waals surface area contributed by atoms with Gasteiger partial charge < -0.3 is 5.32 Å². The highest BCUT2D eigenvalue weighted by molar-refractivity contribution is 6.30. The molecule has 1 amide bonds. The van der Waals surface area contributed by atoms with Gasteiger partial charge in [-0.2, -0.15) is 5.10 Å². The number of aromatic nitrogens is 2. The fraction of sp³-hybridized carbons (Fsp3) is 0.250. The van der Waals surface area contributed by atoms with Crippen LogP contribution in [0.5, 0.6) is 0 Å². The lowest BCUT2D eigenvalue weighted by atomic mass is 10.1. The van der Waals surface area contributed by atoms with E-state index < -0.39 is 0 Å². The number of nitrogens with zero attached hydrogens (tertiary/aromatic N) is 2. The van der Waals surface area contributed by atoms with Gasteiger partial charge in [0, 0.05) is 29.8 Å². The molecule has 3 aromatic rings. The van der Waals surface area contributed by atoms with Crippen LogP contribution >= 0.6 is 11.6 Å². The molecular formula is C20H20ClN3O2. The van der Waals surface area contributed by atoms with Crippen molar-refractivity contribution in [2.45, 2.75) is 26.2 Å². The molecule has 0 saturated carbocycles. The van der Waals surface area contributed by atoms with E-state index in [-0.39, 0.29) is 24.7 Å². The second-order valence-electron chi connectivity index (χ2n) is 6.24. The van der Waals surface area contributed by atoms with Crippen LogP contribution < -0.4 is 5.32 Å². The molecule has 6 heteroatoms. The van der Waals surface area contributed by atoms with Crippen LogP contribution in [0.4, 0.5) is 0 Å². The Morgan fingerprint density at radius 2 is 1.88 bits per heavy atom. The lowest BCUT2D eigenvalue weighted by Crippen LogP contribution is -2.26. The molecule has 5 nitrogen and oxygen atoms in total. The summed E-state index contributed by atoms with van der Waals surface area (Å²) in [5, 5.41) is 8.60. The summed E-state index contributed by atoms with van der Waals surface area (Å²) < 4.78 is 1.37. The predicted molar refractivity (Wildman–Crippen MR) is 102 cm³/mol. The van der Waals surface area contributed by atoms with Crippen LogP contribution in [0.25, 0.3) is 10.9 Å². The zero-order valence-corrected chi connectivity index (χ0v) is 15.3. The minimum atomic E-state index is -0.184. The van der Waals surface area contributed by atoms with E-state index in [0.717, 1.165) is 28.5 Å². The molecule has 0 aliphatic carbocycles. The maximum absolute atomic E-state index is 12.3. The number of hydrogen-bond donors (Lipinski definition) is 1. The topological polar surface area (TPSA) is 64.0 Å². The number of fused-ring (bicyclic) bond motifs is 1. The number of halogens is 1. The number of amides is 1. The first-order valence-corrected chi connectivity index (χ1v) is 8.89. The molecule has 26 heavy (non-hydrogen) atoms. The van der Waals surface area contributed by atoms with Crippen LogP contribution in [-0.2, 0) is 11.2 Å². The van der Waals surface area contributed by atoms with E-state index in [4.69, 9.17) is 11.6 Å². The van der Waals surface area contributed by atoms with Gasteiger partial charge in [0.1, 0.15) is 0 Å². The third-order valence-electron chi connectivity index (χ3n) is 4.17. The second-order valence-corrected chi connectivity index (χ2v) is 6.68. The Labute approximate surface area is 157 Å². The standard InChI is InChI=1S/C20H20ClN3O2/c1-14-2-7-18-16(12-14)13-23-24(18)20(26)9-8-19(25)22-11-10-15-3-5-17(21)6-4-15/h2-7,12-13H,8-11H2,1H3,(H,22,25). The van der Waals surface area contributed by atoms with Gasteiger partial charge in [-0.1, -0.05) is 35.4 Å². The van der Waals surface area contributed by atoms with Gasteiger partial charge in [0.2, 0.25) is 11.8 Å². The van der Waals surface area contributed by atoms with Crippen molar-refractivity contribution in [2.24, 2.45) is 0 Å². The molecule has 0 spiro atoms. The Balaban J connectivity index is 1.47. The molecule has 3 rings (SSSR count). The summed E-state index contributed by atoms with van der Waals surface area (Å²) in [4.78, 5) is 24.3. The zero-order chi connectivity index (χ0) is 18.5. The predicted octanol–water partition coefficient (Wildman–Crippen LogP) is 3.78. The van der Waals surface area contributed by atoms with Crippen molar-refractivity contribution in [1.82, 2.24) is 15.1 Å². The molecule has 0 aliphatic heterocycles. The van der Waals surface area contributed by atoms with Crippen molar-refractivity contribution in [2.75, 3.05) is 6.54 Å². The van der Waals surface area contributed by atoms with Gasteiger partial charge in [-0.15, -0.1) is 0 Å². The van der Waals surface area contributed by atoms with E-state index in [1.165, 1.54) is 4.68 Å². The van der Waals surface area contributed by atoms with Crippen LogP contribution in [0.15, 0.2) is 48.7 Å². The third-order valence-corrected chi connectivity index (χ3v) is 4.43. The molecule has 0 radical (unpaired) electrons. The van der Waals surface area contributed by atoms with Crippen molar-refractivity contribution in [1.29, 1.82) is 0 Å². The molecule has 0 bridgehead atoms. The van der Waals surface area contributed by atoms with Crippen molar-refractivity contribution in [3.8, 4) is 0 Å². The smallest absolute Gasteiger partial charge is 0.247 e. The number of hydrogen-bond acceptors (Lipinski definition) is 3.